The summed E-state index contributed by atoms with van der Waals surface area (Å²) in [6.07, 6.45) is 2.06. The average Bonchev–Trinajstić information content (AvgIpc) is 2.40. The molecule has 0 fully saturated rings. The van der Waals surface area contributed by atoms with Crippen molar-refractivity contribution in [2.24, 2.45) is 10.9 Å². The molecular formula is C12H21N5OS. The van der Waals surface area contributed by atoms with Gasteiger partial charge in [-0.2, -0.15) is 16.9 Å². The standard InChI is InChI=1S/C12H21N5OS/c1-7(6-19-5)17(4)12-10(11(13)16-18)8(2)9(3)14-15-12/h7,18H,6H2,1-5H3,(H2,13,16). The Morgan fingerprint density at radius 3 is 2.63 bits per heavy atom. The number of hydrogen-bond donors (Lipinski definition) is 2. The minimum Gasteiger partial charge on any atom is -0.409 e. The monoisotopic (exact) mass is 283 g/mol. The molecule has 6 nitrogen and oxygen atoms in total. The number of thioether (sulfide) groups is 1. The predicted molar refractivity (Wildman–Crippen MR) is 80.3 cm³/mol. The third-order valence-electron chi connectivity index (χ3n) is 3.20. The number of amidine groups is 1. The Hall–Kier alpha value is -1.50. The van der Waals surface area contributed by atoms with Gasteiger partial charge in [0.25, 0.3) is 0 Å². The molecule has 1 aromatic heterocycles. The van der Waals surface area contributed by atoms with Crippen molar-refractivity contribution in [3.8, 4) is 0 Å². The van der Waals surface area contributed by atoms with Gasteiger partial charge in [-0.1, -0.05) is 5.16 Å². The fraction of sp³-hybridized carbons (Fsp3) is 0.583. The lowest BCUT2D eigenvalue weighted by Crippen LogP contribution is -2.34. The second-order valence-corrected chi connectivity index (χ2v) is 5.42. The Morgan fingerprint density at radius 2 is 2.11 bits per heavy atom. The second-order valence-electron chi connectivity index (χ2n) is 4.51. The van der Waals surface area contributed by atoms with Crippen LogP contribution in [-0.4, -0.2) is 46.3 Å². The number of nitrogens with two attached hydrogens (primary N) is 1. The Morgan fingerprint density at radius 1 is 1.47 bits per heavy atom. The minimum absolute atomic E-state index is 0.0636. The number of anilines is 1. The summed E-state index contributed by atoms with van der Waals surface area (Å²) in [5.74, 6) is 1.66. The van der Waals surface area contributed by atoms with Gasteiger partial charge in [0.1, 0.15) is 0 Å². The first-order chi connectivity index (χ1) is 8.93. The zero-order valence-corrected chi connectivity index (χ0v) is 12.8. The smallest absolute Gasteiger partial charge is 0.174 e. The maximum atomic E-state index is 8.94. The van der Waals surface area contributed by atoms with E-state index in [0.29, 0.717) is 11.4 Å². The summed E-state index contributed by atoms with van der Waals surface area (Å²) in [6.45, 7) is 5.85. The maximum Gasteiger partial charge on any atom is 0.174 e. The van der Waals surface area contributed by atoms with Gasteiger partial charge in [0.05, 0.1) is 11.3 Å². The molecule has 0 aliphatic rings. The van der Waals surface area contributed by atoms with E-state index in [2.05, 4.69) is 28.5 Å². The van der Waals surface area contributed by atoms with Crippen molar-refractivity contribution in [2.45, 2.75) is 26.8 Å². The summed E-state index contributed by atoms with van der Waals surface area (Å²) in [6, 6.07) is 0.275. The Kier molecular flexibility index (Phi) is 5.41. The highest BCUT2D eigenvalue weighted by molar-refractivity contribution is 7.98. The van der Waals surface area contributed by atoms with Crippen LogP contribution in [0.3, 0.4) is 0 Å². The third-order valence-corrected chi connectivity index (χ3v) is 4.02. The fourth-order valence-corrected chi connectivity index (χ4v) is 2.47. The van der Waals surface area contributed by atoms with Gasteiger partial charge in [-0.05, 0) is 32.6 Å². The van der Waals surface area contributed by atoms with Crippen molar-refractivity contribution in [3.63, 3.8) is 0 Å². The summed E-state index contributed by atoms with van der Waals surface area (Å²) >= 11 is 1.76. The van der Waals surface area contributed by atoms with Crippen LogP contribution in [0.2, 0.25) is 0 Å². The van der Waals surface area contributed by atoms with Gasteiger partial charge in [-0.15, -0.1) is 5.10 Å². The molecule has 0 aliphatic carbocycles. The molecule has 106 valence electrons. The van der Waals surface area contributed by atoms with Gasteiger partial charge in [-0.25, -0.2) is 0 Å². The average molecular weight is 283 g/mol. The number of oxime groups is 1. The molecular weight excluding hydrogens is 262 g/mol. The van der Waals surface area contributed by atoms with Crippen LogP contribution in [0.1, 0.15) is 23.7 Å². The molecule has 7 heteroatoms. The number of rotatable bonds is 5. The molecule has 1 heterocycles. The molecule has 1 rings (SSSR count). The lowest BCUT2D eigenvalue weighted by atomic mass is 10.1. The molecule has 0 aromatic carbocycles. The van der Waals surface area contributed by atoms with Crippen LogP contribution in [0.5, 0.6) is 0 Å². The van der Waals surface area contributed by atoms with E-state index in [1.807, 2.05) is 25.8 Å². The van der Waals surface area contributed by atoms with Gasteiger partial charge in [-0.3, -0.25) is 0 Å². The van der Waals surface area contributed by atoms with Gasteiger partial charge in [0.15, 0.2) is 11.7 Å². The highest BCUT2D eigenvalue weighted by Crippen LogP contribution is 2.23. The number of hydrogen-bond acceptors (Lipinski definition) is 6. The maximum absolute atomic E-state index is 8.94. The van der Waals surface area contributed by atoms with Crippen molar-refractivity contribution >= 4 is 23.4 Å². The molecule has 0 saturated carbocycles. The lowest BCUT2D eigenvalue weighted by molar-refractivity contribution is 0.318. The molecule has 1 aromatic rings. The summed E-state index contributed by atoms with van der Waals surface area (Å²) in [5.41, 5.74) is 8.07. The van der Waals surface area contributed by atoms with E-state index < -0.39 is 0 Å². The van der Waals surface area contributed by atoms with Crippen LogP contribution in [-0.2, 0) is 0 Å². The van der Waals surface area contributed by atoms with E-state index in [1.165, 1.54) is 0 Å². The van der Waals surface area contributed by atoms with Crippen molar-refractivity contribution in [1.82, 2.24) is 10.2 Å². The van der Waals surface area contributed by atoms with Crippen LogP contribution < -0.4 is 10.6 Å². The normalized spacial score (nSPS) is 13.4. The molecule has 1 atom stereocenters. The molecule has 0 radical (unpaired) electrons. The Bertz CT molecular complexity index is 477. The van der Waals surface area contributed by atoms with E-state index in [0.717, 1.165) is 17.0 Å². The summed E-state index contributed by atoms with van der Waals surface area (Å²) in [5, 5.41) is 20.4. The van der Waals surface area contributed by atoms with Gasteiger partial charge in [0.2, 0.25) is 0 Å². The second kappa shape index (κ2) is 6.60. The van der Waals surface area contributed by atoms with Crippen LogP contribution in [0.4, 0.5) is 5.82 Å². The topological polar surface area (TPSA) is 87.6 Å². The number of aryl methyl sites for hydroxylation is 1. The molecule has 3 N–H and O–H groups in total. The van der Waals surface area contributed by atoms with Gasteiger partial charge < -0.3 is 15.8 Å². The van der Waals surface area contributed by atoms with Crippen molar-refractivity contribution in [3.05, 3.63) is 16.8 Å². The molecule has 1 unspecified atom stereocenters. The van der Waals surface area contributed by atoms with E-state index in [1.54, 1.807) is 11.8 Å². The van der Waals surface area contributed by atoms with E-state index in [9.17, 15) is 0 Å². The van der Waals surface area contributed by atoms with E-state index in [4.69, 9.17) is 10.9 Å². The first kappa shape index (κ1) is 15.6. The van der Waals surface area contributed by atoms with Crippen LogP contribution in [0, 0.1) is 13.8 Å². The lowest BCUT2D eigenvalue weighted by Gasteiger charge is -2.27. The quantitative estimate of drug-likeness (QED) is 0.367. The van der Waals surface area contributed by atoms with Gasteiger partial charge >= 0.3 is 0 Å². The summed E-state index contributed by atoms with van der Waals surface area (Å²) in [7, 11) is 1.94. The number of nitrogens with zero attached hydrogens (tertiary/aromatic N) is 4. The highest BCUT2D eigenvalue weighted by atomic mass is 32.2. The van der Waals surface area contributed by atoms with Crippen LogP contribution in [0.15, 0.2) is 5.16 Å². The molecule has 0 bridgehead atoms. The van der Waals surface area contributed by atoms with Crippen LogP contribution in [0.25, 0.3) is 0 Å². The summed E-state index contributed by atoms with van der Waals surface area (Å²) in [4.78, 5) is 2.00. The van der Waals surface area contributed by atoms with E-state index in [-0.39, 0.29) is 11.9 Å². The van der Waals surface area contributed by atoms with Crippen molar-refractivity contribution in [1.29, 1.82) is 0 Å². The fourth-order valence-electron chi connectivity index (χ4n) is 1.76. The van der Waals surface area contributed by atoms with Gasteiger partial charge in [0, 0.05) is 18.8 Å². The molecule has 19 heavy (non-hydrogen) atoms. The first-order valence-electron chi connectivity index (χ1n) is 5.97. The Labute approximate surface area is 118 Å². The Balaban J connectivity index is 3.31. The highest BCUT2D eigenvalue weighted by Gasteiger charge is 2.21. The van der Waals surface area contributed by atoms with Crippen molar-refractivity contribution < 1.29 is 5.21 Å². The zero-order valence-electron chi connectivity index (χ0n) is 12.0. The molecule has 0 amide bonds. The largest absolute Gasteiger partial charge is 0.409 e. The SMILES string of the molecule is CSCC(C)N(C)c1nnc(C)c(C)c1C(N)=NO. The number of aromatic nitrogens is 2. The summed E-state index contributed by atoms with van der Waals surface area (Å²) < 4.78 is 0. The predicted octanol–water partition coefficient (Wildman–Crippen LogP) is 1.38. The molecule has 0 saturated heterocycles. The van der Waals surface area contributed by atoms with E-state index >= 15 is 0 Å². The molecule has 0 aliphatic heterocycles. The first-order valence-corrected chi connectivity index (χ1v) is 7.36. The minimum atomic E-state index is 0.0636. The molecule has 0 spiro atoms. The zero-order chi connectivity index (χ0) is 14.6. The van der Waals surface area contributed by atoms with Crippen molar-refractivity contribution in [2.75, 3.05) is 24.0 Å². The van der Waals surface area contributed by atoms with Crippen LogP contribution >= 0.6 is 11.8 Å². The third kappa shape index (κ3) is 3.28.